The summed E-state index contributed by atoms with van der Waals surface area (Å²) in [7, 11) is 0. The van der Waals surface area contributed by atoms with Crippen LogP contribution in [0.5, 0.6) is 0 Å². The van der Waals surface area contributed by atoms with Crippen molar-refractivity contribution in [2.45, 2.75) is 12.2 Å². The second-order valence-electron chi connectivity index (χ2n) is 6.51. The zero-order valence-corrected chi connectivity index (χ0v) is 17.2. The number of anilines is 1. The molecule has 28 heavy (non-hydrogen) atoms. The van der Waals surface area contributed by atoms with Gasteiger partial charge in [-0.25, -0.2) is 4.98 Å². The SMILES string of the molecule is Cc1nn(-c2nc3ccccc3s2)c2c1[C@H](c1ccc(Cl)cc1)SCC(=O)N2. The smallest absolute Gasteiger partial charge is 0.235 e. The molecular weight excluding hydrogens is 412 g/mol. The van der Waals surface area contributed by atoms with Gasteiger partial charge in [-0.2, -0.15) is 9.78 Å². The number of para-hydroxylation sites is 1. The van der Waals surface area contributed by atoms with Crippen LogP contribution < -0.4 is 5.32 Å². The maximum atomic E-state index is 12.4. The Morgan fingerprint density at radius 1 is 1.18 bits per heavy atom. The molecule has 1 aliphatic heterocycles. The van der Waals surface area contributed by atoms with Crippen molar-refractivity contribution in [2.75, 3.05) is 11.1 Å². The molecule has 8 heteroatoms. The number of carbonyl (C=O) groups is 1. The highest BCUT2D eigenvalue weighted by atomic mass is 35.5. The highest BCUT2D eigenvalue weighted by Crippen LogP contribution is 2.44. The van der Waals surface area contributed by atoms with Gasteiger partial charge < -0.3 is 5.32 Å². The van der Waals surface area contributed by atoms with E-state index in [1.54, 1.807) is 27.8 Å². The molecule has 5 nitrogen and oxygen atoms in total. The molecule has 0 unspecified atom stereocenters. The number of aromatic nitrogens is 3. The molecule has 1 N–H and O–H groups in total. The van der Waals surface area contributed by atoms with Crippen LogP contribution in [0, 0.1) is 6.92 Å². The summed E-state index contributed by atoms with van der Waals surface area (Å²) in [6.45, 7) is 1.98. The molecule has 0 saturated carbocycles. The van der Waals surface area contributed by atoms with Gasteiger partial charge in [0.15, 0.2) is 0 Å². The van der Waals surface area contributed by atoms with Crippen LogP contribution in [0.3, 0.4) is 0 Å². The predicted octanol–water partition coefficient (Wildman–Crippen LogP) is 5.22. The highest BCUT2D eigenvalue weighted by molar-refractivity contribution is 8.00. The Morgan fingerprint density at radius 3 is 2.75 bits per heavy atom. The number of fused-ring (bicyclic) bond motifs is 2. The van der Waals surface area contributed by atoms with Gasteiger partial charge in [-0.05, 0) is 36.8 Å². The van der Waals surface area contributed by atoms with Gasteiger partial charge in [0.25, 0.3) is 0 Å². The van der Waals surface area contributed by atoms with E-state index in [-0.39, 0.29) is 11.2 Å². The third-order valence-electron chi connectivity index (χ3n) is 4.64. The Hall–Kier alpha value is -2.35. The van der Waals surface area contributed by atoms with Gasteiger partial charge in [0.1, 0.15) is 5.82 Å². The number of nitrogens with zero attached hydrogens (tertiary/aromatic N) is 3. The van der Waals surface area contributed by atoms with Crippen LogP contribution in [0.25, 0.3) is 15.3 Å². The Morgan fingerprint density at radius 2 is 1.96 bits per heavy atom. The van der Waals surface area contributed by atoms with E-state index in [0.717, 1.165) is 32.2 Å². The van der Waals surface area contributed by atoms with Crippen molar-refractivity contribution >= 4 is 56.6 Å². The van der Waals surface area contributed by atoms with Crippen LogP contribution in [0.15, 0.2) is 48.5 Å². The minimum atomic E-state index is -0.0371. The van der Waals surface area contributed by atoms with Crippen molar-refractivity contribution in [2.24, 2.45) is 0 Å². The molecule has 140 valence electrons. The van der Waals surface area contributed by atoms with Crippen LogP contribution >= 0.6 is 34.7 Å². The maximum Gasteiger partial charge on any atom is 0.235 e. The summed E-state index contributed by atoms with van der Waals surface area (Å²) < 4.78 is 2.85. The quantitative estimate of drug-likeness (QED) is 0.477. The van der Waals surface area contributed by atoms with Crippen molar-refractivity contribution in [3.63, 3.8) is 0 Å². The number of hydrogen-bond acceptors (Lipinski definition) is 5. The van der Waals surface area contributed by atoms with Crippen molar-refractivity contribution < 1.29 is 4.79 Å². The van der Waals surface area contributed by atoms with E-state index >= 15 is 0 Å². The van der Waals surface area contributed by atoms with Crippen LogP contribution in [-0.4, -0.2) is 26.4 Å². The average Bonchev–Trinajstić information content (AvgIpc) is 3.19. The number of rotatable bonds is 2. The van der Waals surface area contributed by atoms with E-state index in [9.17, 15) is 4.79 Å². The molecule has 0 fully saturated rings. The standard InChI is InChI=1S/C20H15ClN4OS2/c1-11-17-18(12-6-8-13(21)9-7-12)27-10-16(26)23-19(17)25(24-11)20-22-14-4-2-3-5-15(14)28-20/h2-9,18H,10H2,1H3,(H,23,26)/t18-/m0/s1. The molecule has 0 radical (unpaired) electrons. The number of aryl methyl sites for hydroxylation is 1. The first-order valence-electron chi connectivity index (χ1n) is 8.72. The second kappa shape index (κ2) is 6.92. The summed E-state index contributed by atoms with van der Waals surface area (Å²) in [5.41, 5.74) is 3.91. The van der Waals surface area contributed by atoms with E-state index in [1.807, 2.05) is 55.5 Å². The predicted molar refractivity (Wildman–Crippen MR) is 116 cm³/mol. The van der Waals surface area contributed by atoms with E-state index in [4.69, 9.17) is 21.7 Å². The lowest BCUT2D eigenvalue weighted by molar-refractivity contribution is -0.113. The molecule has 2 aromatic carbocycles. The van der Waals surface area contributed by atoms with E-state index in [0.29, 0.717) is 16.6 Å². The first-order valence-corrected chi connectivity index (χ1v) is 11.0. The number of carbonyl (C=O) groups excluding carboxylic acids is 1. The fourth-order valence-electron chi connectivity index (χ4n) is 3.37. The number of amides is 1. The van der Waals surface area contributed by atoms with Gasteiger partial charge in [-0.3, -0.25) is 4.79 Å². The molecule has 0 aliphatic carbocycles. The van der Waals surface area contributed by atoms with Gasteiger partial charge in [-0.15, -0.1) is 11.8 Å². The summed E-state index contributed by atoms with van der Waals surface area (Å²) in [5, 5.41) is 9.22. The summed E-state index contributed by atoms with van der Waals surface area (Å²) in [4.78, 5) is 17.1. The van der Waals surface area contributed by atoms with E-state index in [2.05, 4.69) is 5.32 Å². The van der Waals surface area contributed by atoms with Crippen molar-refractivity contribution in [3.8, 4) is 5.13 Å². The van der Waals surface area contributed by atoms with E-state index in [1.165, 1.54) is 0 Å². The lowest BCUT2D eigenvalue weighted by Crippen LogP contribution is -2.15. The molecule has 2 aromatic heterocycles. The summed E-state index contributed by atoms with van der Waals surface area (Å²) >= 11 is 9.22. The summed E-state index contributed by atoms with van der Waals surface area (Å²) in [6.07, 6.45) is 0. The number of halogens is 1. The number of thiazole rings is 1. The topological polar surface area (TPSA) is 59.8 Å². The normalized spacial score (nSPS) is 16.6. The van der Waals surface area contributed by atoms with Gasteiger partial charge in [0.05, 0.1) is 26.9 Å². The molecule has 0 bridgehead atoms. The fraction of sp³-hybridized carbons (Fsp3) is 0.150. The largest absolute Gasteiger partial charge is 0.310 e. The summed E-state index contributed by atoms with van der Waals surface area (Å²) in [6, 6.07) is 15.8. The number of thioether (sulfide) groups is 1. The monoisotopic (exact) mass is 426 g/mol. The number of benzene rings is 2. The first kappa shape index (κ1) is 17.7. The van der Waals surface area contributed by atoms with Crippen molar-refractivity contribution in [1.29, 1.82) is 0 Å². The zero-order valence-electron chi connectivity index (χ0n) is 14.8. The molecule has 1 aliphatic rings. The van der Waals surface area contributed by atoms with Crippen molar-refractivity contribution in [3.05, 3.63) is 70.4 Å². The zero-order chi connectivity index (χ0) is 19.3. The third kappa shape index (κ3) is 2.99. The van der Waals surface area contributed by atoms with Gasteiger partial charge in [0, 0.05) is 10.6 Å². The van der Waals surface area contributed by atoms with Crippen molar-refractivity contribution in [1.82, 2.24) is 14.8 Å². The van der Waals surface area contributed by atoms with Gasteiger partial charge >= 0.3 is 0 Å². The molecule has 0 spiro atoms. The number of nitrogens with one attached hydrogen (secondary N) is 1. The van der Waals surface area contributed by atoms with Crippen LogP contribution in [-0.2, 0) is 4.79 Å². The maximum absolute atomic E-state index is 12.4. The molecule has 0 saturated heterocycles. The molecule has 1 atom stereocenters. The fourth-order valence-corrected chi connectivity index (χ4v) is 5.61. The Labute approximate surface area is 174 Å². The Kier molecular flexibility index (Phi) is 4.38. The lowest BCUT2D eigenvalue weighted by atomic mass is 10.0. The molecule has 4 aromatic rings. The second-order valence-corrected chi connectivity index (χ2v) is 9.05. The minimum absolute atomic E-state index is 0.00524. The molecule has 3 heterocycles. The number of hydrogen-bond donors (Lipinski definition) is 1. The van der Waals surface area contributed by atoms with Crippen LogP contribution in [0.1, 0.15) is 22.1 Å². The molecule has 5 rings (SSSR count). The average molecular weight is 427 g/mol. The lowest BCUT2D eigenvalue weighted by Gasteiger charge is -2.15. The first-order chi connectivity index (χ1) is 13.6. The summed E-state index contributed by atoms with van der Waals surface area (Å²) in [5.74, 6) is 1.04. The highest BCUT2D eigenvalue weighted by Gasteiger charge is 2.31. The third-order valence-corrected chi connectivity index (χ3v) is 7.18. The minimum Gasteiger partial charge on any atom is -0.310 e. The van der Waals surface area contributed by atoms with Gasteiger partial charge in [0.2, 0.25) is 11.0 Å². The van der Waals surface area contributed by atoms with E-state index < -0.39 is 0 Å². The van der Waals surface area contributed by atoms with Crippen LogP contribution in [0.4, 0.5) is 5.82 Å². The van der Waals surface area contributed by atoms with Crippen LogP contribution in [0.2, 0.25) is 5.02 Å². The van der Waals surface area contributed by atoms with Gasteiger partial charge in [-0.1, -0.05) is 47.2 Å². The Balaban J connectivity index is 1.69. The molecular formula is C20H15ClN4OS2. The Bertz CT molecular complexity index is 1170. The molecule has 1 amide bonds.